The molecular formula is C36H62O9. The van der Waals surface area contributed by atoms with Gasteiger partial charge in [0.25, 0.3) is 0 Å². The molecule has 0 aromatic carbocycles. The van der Waals surface area contributed by atoms with E-state index in [2.05, 4.69) is 41.5 Å². The zero-order valence-electron chi connectivity index (χ0n) is 28.7. The molecule has 0 amide bonds. The zero-order chi connectivity index (χ0) is 33.3. The summed E-state index contributed by atoms with van der Waals surface area (Å²) < 4.78 is 12.6. The van der Waals surface area contributed by atoms with Crippen molar-refractivity contribution in [2.24, 2.45) is 45.3 Å². The first-order valence-electron chi connectivity index (χ1n) is 17.5. The molecule has 9 heteroatoms. The van der Waals surface area contributed by atoms with Crippen molar-refractivity contribution in [1.82, 2.24) is 0 Å². The second-order valence-electron chi connectivity index (χ2n) is 17.2. The van der Waals surface area contributed by atoms with Crippen LogP contribution in [0.25, 0.3) is 0 Å². The van der Waals surface area contributed by atoms with Crippen LogP contribution in [-0.2, 0) is 9.47 Å². The fourth-order valence-corrected chi connectivity index (χ4v) is 12.1. The highest BCUT2D eigenvalue weighted by molar-refractivity contribution is 5.20. The lowest BCUT2D eigenvalue weighted by atomic mass is 9.35. The molecule has 1 heterocycles. The molecule has 4 aliphatic carbocycles. The fraction of sp³-hybridized carbons (Fsp3) is 0.944. The Morgan fingerprint density at radius 2 is 1.58 bits per heavy atom. The van der Waals surface area contributed by atoms with Crippen LogP contribution in [0.2, 0.25) is 0 Å². The molecule has 5 rings (SSSR count). The maximum Gasteiger partial charge on any atom is 0.187 e. The summed E-state index contributed by atoms with van der Waals surface area (Å²) in [6.45, 7) is 14.9. The summed E-state index contributed by atoms with van der Waals surface area (Å²) >= 11 is 0. The first kappa shape index (κ1) is 35.7. The Bertz CT molecular complexity index is 1090. The normalized spacial score (nSPS) is 51.2. The number of fused-ring (bicyclic) bond motifs is 5. The summed E-state index contributed by atoms with van der Waals surface area (Å²) in [5.41, 5.74) is -0.542. The predicted molar refractivity (Wildman–Crippen MR) is 170 cm³/mol. The van der Waals surface area contributed by atoms with Crippen LogP contribution in [0.1, 0.15) is 106 Å². The summed E-state index contributed by atoms with van der Waals surface area (Å²) in [6, 6.07) is 0. The van der Waals surface area contributed by atoms with Crippen molar-refractivity contribution in [3.8, 4) is 0 Å². The van der Waals surface area contributed by atoms with Crippen LogP contribution in [0.5, 0.6) is 0 Å². The number of aliphatic hydroxyl groups is 7. The van der Waals surface area contributed by atoms with Crippen LogP contribution in [-0.4, -0.2) is 97.5 Å². The molecule has 0 aromatic rings. The maximum atomic E-state index is 11.9. The summed E-state index contributed by atoms with van der Waals surface area (Å²) in [5, 5.41) is 74.3. The van der Waals surface area contributed by atoms with E-state index in [1.165, 1.54) is 0 Å². The monoisotopic (exact) mass is 638 g/mol. The number of rotatable bonds is 8. The van der Waals surface area contributed by atoms with Crippen LogP contribution >= 0.6 is 0 Å². The van der Waals surface area contributed by atoms with Crippen molar-refractivity contribution in [2.45, 2.75) is 155 Å². The van der Waals surface area contributed by atoms with Gasteiger partial charge in [-0.05, 0) is 117 Å². The van der Waals surface area contributed by atoms with Gasteiger partial charge in [0.1, 0.15) is 24.4 Å². The lowest BCUT2D eigenvalue weighted by Crippen LogP contribution is -2.68. The minimum atomic E-state index is -1.51. The van der Waals surface area contributed by atoms with Gasteiger partial charge in [0, 0.05) is 0 Å². The average molecular weight is 639 g/mol. The third kappa shape index (κ3) is 5.48. The molecule has 0 unspecified atom stereocenters. The Balaban J connectivity index is 1.47. The second kappa shape index (κ2) is 12.4. The molecule has 7 N–H and O–H groups in total. The molecule has 9 nitrogen and oxygen atoms in total. The van der Waals surface area contributed by atoms with Crippen molar-refractivity contribution < 1.29 is 45.2 Å². The van der Waals surface area contributed by atoms with E-state index in [4.69, 9.17) is 9.47 Å². The Morgan fingerprint density at radius 1 is 0.889 bits per heavy atom. The molecule has 4 saturated carbocycles. The van der Waals surface area contributed by atoms with E-state index in [9.17, 15) is 35.7 Å². The van der Waals surface area contributed by atoms with Crippen molar-refractivity contribution in [3.05, 3.63) is 11.6 Å². The lowest BCUT2D eigenvalue weighted by Gasteiger charge is -2.71. The third-order valence-corrected chi connectivity index (χ3v) is 14.7. The van der Waals surface area contributed by atoms with E-state index in [0.717, 1.165) is 44.1 Å². The number of hydrogen-bond donors (Lipinski definition) is 7. The quantitative estimate of drug-likeness (QED) is 0.198. The van der Waals surface area contributed by atoms with E-state index < -0.39 is 55.1 Å². The molecule has 45 heavy (non-hydrogen) atoms. The van der Waals surface area contributed by atoms with Gasteiger partial charge in [-0.3, -0.25) is 0 Å². The third-order valence-electron chi connectivity index (χ3n) is 14.7. The topological polar surface area (TPSA) is 160 Å². The van der Waals surface area contributed by atoms with Crippen molar-refractivity contribution in [1.29, 1.82) is 0 Å². The molecule has 5 fully saturated rings. The van der Waals surface area contributed by atoms with Crippen molar-refractivity contribution in [2.75, 3.05) is 13.2 Å². The minimum absolute atomic E-state index is 0.0237. The van der Waals surface area contributed by atoms with Crippen LogP contribution in [0.3, 0.4) is 0 Å². The van der Waals surface area contributed by atoms with E-state index in [1.807, 2.05) is 13.0 Å². The van der Waals surface area contributed by atoms with Crippen LogP contribution in [0.4, 0.5) is 0 Å². The van der Waals surface area contributed by atoms with Gasteiger partial charge in [-0.1, -0.05) is 46.3 Å². The predicted octanol–water partition coefficient (Wildman–Crippen LogP) is 3.30. The Morgan fingerprint density at radius 3 is 2.22 bits per heavy atom. The SMILES string of the molecule is C/C(=C/CC[C@](C)(O[C@@H]1O[C@H](CO)[C@@H](O)[C@H](O)[C@H]1O)[C@H]1CC[C@]2(C)[C@@H]1CC[C@@H]1[C@@]3(C)CC[C@H](O)C(C)(C)[C@@H]3[C@@H](O)C[C@]12C)CO. The number of ether oxygens (including phenoxy) is 2. The molecule has 260 valence electrons. The largest absolute Gasteiger partial charge is 0.394 e. The van der Waals surface area contributed by atoms with Gasteiger partial charge in [-0.2, -0.15) is 0 Å². The highest BCUT2D eigenvalue weighted by Gasteiger charge is 2.71. The summed E-state index contributed by atoms with van der Waals surface area (Å²) in [6.07, 6.45) is 1.95. The molecule has 5 aliphatic rings. The highest BCUT2D eigenvalue weighted by Crippen LogP contribution is 2.76. The molecule has 0 aromatic heterocycles. The van der Waals surface area contributed by atoms with Gasteiger partial charge in [0.05, 0.1) is 31.0 Å². The van der Waals surface area contributed by atoms with Crippen molar-refractivity contribution >= 4 is 0 Å². The van der Waals surface area contributed by atoms with E-state index in [0.29, 0.717) is 25.2 Å². The highest BCUT2D eigenvalue weighted by atomic mass is 16.7. The summed E-state index contributed by atoms with van der Waals surface area (Å²) in [7, 11) is 0. The molecule has 0 radical (unpaired) electrons. The molecule has 15 atom stereocenters. The van der Waals surface area contributed by atoms with Gasteiger partial charge < -0.3 is 45.2 Å². The maximum absolute atomic E-state index is 11.9. The molecule has 0 spiro atoms. The van der Waals surface area contributed by atoms with E-state index >= 15 is 0 Å². The Hall–Kier alpha value is -0.620. The van der Waals surface area contributed by atoms with E-state index in [1.54, 1.807) is 0 Å². The van der Waals surface area contributed by atoms with Gasteiger partial charge in [-0.25, -0.2) is 0 Å². The average Bonchev–Trinajstić information content (AvgIpc) is 3.34. The summed E-state index contributed by atoms with van der Waals surface area (Å²) in [5.74, 6) is 0.831. The fourth-order valence-electron chi connectivity index (χ4n) is 12.1. The van der Waals surface area contributed by atoms with Crippen molar-refractivity contribution in [3.63, 3.8) is 0 Å². The van der Waals surface area contributed by atoms with Crippen LogP contribution < -0.4 is 0 Å². The zero-order valence-corrected chi connectivity index (χ0v) is 28.7. The van der Waals surface area contributed by atoms with E-state index in [-0.39, 0.29) is 46.0 Å². The number of allylic oxidation sites excluding steroid dienone is 1. The van der Waals surface area contributed by atoms with Gasteiger partial charge in [-0.15, -0.1) is 0 Å². The molecular weight excluding hydrogens is 576 g/mol. The van der Waals surface area contributed by atoms with Crippen LogP contribution in [0.15, 0.2) is 11.6 Å². The first-order chi connectivity index (χ1) is 20.9. The Labute approximate surface area is 270 Å². The Kier molecular flexibility index (Phi) is 9.80. The molecule has 1 saturated heterocycles. The van der Waals surface area contributed by atoms with Gasteiger partial charge in [0.2, 0.25) is 0 Å². The first-order valence-corrected chi connectivity index (χ1v) is 17.5. The minimum Gasteiger partial charge on any atom is -0.394 e. The smallest absolute Gasteiger partial charge is 0.187 e. The molecule has 1 aliphatic heterocycles. The molecule has 0 bridgehead atoms. The van der Waals surface area contributed by atoms with Gasteiger partial charge in [0.15, 0.2) is 6.29 Å². The second-order valence-corrected chi connectivity index (χ2v) is 17.2. The standard InChI is InChI=1S/C36H62O9/c1-20(18-37)9-8-14-36(7,45-31-29(43)28(42)27(41)24(19-38)44-31)22-12-16-34(5)21(22)10-11-25-33(4)15-13-26(40)32(2,3)30(33)23(39)17-35(25,34)6/h9,21-31,37-43H,8,10-19H2,1-7H3/b20-9-/t21-,22+,23+,24-,25-,26+,27-,28+,29-,30+,31+,33-,34-,35-,36+/m1/s1. The van der Waals surface area contributed by atoms with Crippen LogP contribution in [0, 0.1) is 45.3 Å². The number of hydrogen-bond acceptors (Lipinski definition) is 9. The lowest BCUT2D eigenvalue weighted by molar-refractivity contribution is -0.334. The summed E-state index contributed by atoms with van der Waals surface area (Å²) in [4.78, 5) is 0. The number of aliphatic hydroxyl groups excluding tert-OH is 7. The van der Waals surface area contributed by atoms with Gasteiger partial charge >= 0.3 is 0 Å².